The average molecular weight is 284 g/mol. The maximum Gasteiger partial charge on any atom is 0.137 e. The fourth-order valence-corrected chi connectivity index (χ4v) is 2.47. The van der Waals surface area contributed by atoms with Crippen molar-refractivity contribution in [1.82, 2.24) is 9.97 Å². The van der Waals surface area contributed by atoms with Gasteiger partial charge in [0.2, 0.25) is 0 Å². The fraction of sp³-hybridized carbons (Fsp3) is 0.714. The minimum absolute atomic E-state index is 0.0885. The number of nitrogens with zero attached hydrogens (tertiary/aromatic N) is 2. The topological polar surface area (TPSA) is 47.0 Å². The molecule has 5 heteroatoms. The Morgan fingerprint density at radius 1 is 1.42 bits per heavy atom. The maximum absolute atomic E-state index is 6.16. The van der Waals surface area contributed by atoms with Gasteiger partial charge in [0.25, 0.3) is 0 Å². The van der Waals surface area contributed by atoms with Gasteiger partial charge in [0.1, 0.15) is 16.8 Å². The summed E-state index contributed by atoms with van der Waals surface area (Å²) in [5.41, 5.74) is 0.817. The van der Waals surface area contributed by atoms with Gasteiger partial charge in [0.15, 0.2) is 0 Å². The van der Waals surface area contributed by atoms with Gasteiger partial charge in [0.05, 0.1) is 5.60 Å². The summed E-state index contributed by atoms with van der Waals surface area (Å²) in [7, 11) is 0. The lowest BCUT2D eigenvalue weighted by Gasteiger charge is -2.24. The highest BCUT2D eigenvalue weighted by molar-refractivity contribution is 6.30. The monoisotopic (exact) mass is 283 g/mol. The molecule has 1 aliphatic heterocycles. The van der Waals surface area contributed by atoms with Crippen LogP contribution >= 0.6 is 11.6 Å². The van der Waals surface area contributed by atoms with Gasteiger partial charge in [-0.25, -0.2) is 9.97 Å². The predicted molar refractivity (Wildman–Crippen MR) is 77.9 cm³/mol. The summed E-state index contributed by atoms with van der Waals surface area (Å²) < 4.78 is 5.77. The van der Waals surface area contributed by atoms with Crippen molar-refractivity contribution < 1.29 is 4.74 Å². The number of anilines is 1. The number of hydrogen-bond acceptors (Lipinski definition) is 4. The summed E-state index contributed by atoms with van der Waals surface area (Å²) in [6.45, 7) is 7.80. The molecule has 1 N–H and O–H groups in total. The zero-order valence-electron chi connectivity index (χ0n) is 11.9. The van der Waals surface area contributed by atoms with E-state index < -0.39 is 0 Å². The third-order valence-corrected chi connectivity index (χ3v) is 3.90. The van der Waals surface area contributed by atoms with Gasteiger partial charge in [0, 0.05) is 25.1 Å². The van der Waals surface area contributed by atoms with Gasteiger partial charge in [-0.2, -0.15) is 0 Å². The van der Waals surface area contributed by atoms with Crippen LogP contribution in [0.25, 0.3) is 0 Å². The van der Waals surface area contributed by atoms with Gasteiger partial charge in [-0.15, -0.1) is 0 Å². The molecule has 106 valence electrons. The van der Waals surface area contributed by atoms with Crippen LogP contribution in [0.3, 0.4) is 0 Å². The second-order valence-corrected chi connectivity index (χ2v) is 5.77. The van der Waals surface area contributed by atoms with E-state index >= 15 is 0 Å². The van der Waals surface area contributed by atoms with Crippen LogP contribution in [-0.2, 0) is 11.2 Å². The number of halogens is 1. The molecule has 0 bridgehead atoms. The molecule has 4 nitrogen and oxygen atoms in total. The first-order valence-corrected chi connectivity index (χ1v) is 7.33. The smallest absolute Gasteiger partial charge is 0.137 e. The molecule has 1 aromatic rings. The number of hydrogen-bond donors (Lipinski definition) is 1. The molecule has 1 aliphatic rings. The number of nitrogens with one attached hydrogen (secondary N) is 1. The molecule has 0 aliphatic carbocycles. The van der Waals surface area contributed by atoms with E-state index in [1.165, 1.54) is 0 Å². The fourth-order valence-electron chi connectivity index (χ4n) is 2.29. The lowest BCUT2D eigenvalue weighted by molar-refractivity contribution is 0.0314. The van der Waals surface area contributed by atoms with Crippen LogP contribution in [-0.4, -0.2) is 28.7 Å². The molecule has 0 spiro atoms. The van der Waals surface area contributed by atoms with Crippen molar-refractivity contribution in [2.24, 2.45) is 0 Å². The third kappa shape index (κ3) is 3.57. The van der Waals surface area contributed by atoms with Crippen molar-refractivity contribution in [2.45, 2.75) is 52.1 Å². The quantitative estimate of drug-likeness (QED) is 0.842. The van der Waals surface area contributed by atoms with Crippen LogP contribution in [0, 0.1) is 6.92 Å². The van der Waals surface area contributed by atoms with Crippen LogP contribution in [0.4, 0.5) is 5.82 Å². The van der Waals surface area contributed by atoms with E-state index in [2.05, 4.69) is 29.1 Å². The van der Waals surface area contributed by atoms with Crippen molar-refractivity contribution >= 4 is 17.4 Å². The Bertz CT molecular complexity index is 445. The molecule has 0 aromatic carbocycles. The van der Waals surface area contributed by atoms with Gasteiger partial charge in [-0.05, 0) is 33.1 Å². The zero-order chi connectivity index (χ0) is 13.9. The Morgan fingerprint density at radius 3 is 2.84 bits per heavy atom. The largest absolute Gasteiger partial charge is 0.373 e. The standard InChI is InChI=1S/C14H22ClN3O/c1-4-6-11-17-12(15)10(2)13(18-11)16-9-14(3)7-5-8-19-14/h4-9H2,1-3H3,(H,16,17,18). The Kier molecular flexibility index (Phi) is 4.63. The summed E-state index contributed by atoms with van der Waals surface area (Å²) in [6.07, 6.45) is 4.07. The van der Waals surface area contributed by atoms with Crippen molar-refractivity contribution in [3.05, 3.63) is 16.5 Å². The number of aryl methyl sites for hydroxylation is 1. The van der Waals surface area contributed by atoms with E-state index in [4.69, 9.17) is 16.3 Å². The molecule has 0 amide bonds. The molecular formula is C14H22ClN3O. The molecule has 1 atom stereocenters. The van der Waals surface area contributed by atoms with Gasteiger partial charge in [-0.3, -0.25) is 0 Å². The highest BCUT2D eigenvalue weighted by Gasteiger charge is 2.29. The van der Waals surface area contributed by atoms with Crippen LogP contribution in [0.15, 0.2) is 0 Å². The molecule has 1 saturated heterocycles. The Hall–Kier alpha value is -0.870. The van der Waals surface area contributed by atoms with E-state index in [1.54, 1.807) is 0 Å². The maximum atomic E-state index is 6.16. The Morgan fingerprint density at radius 2 is 2.21 bits per heavy atom. The summed E-state index contributed by atoms with van der Waals surface area (Å²) in [6, 6.07) is 0. The van der Waals surface area contributed by atoms with Crippen molar-refractivity contribution in [3.63, 3.8) is 0 Å². The first-order chi connectivity index (χ1) is 9.04. The van der Waals surface area contributed by atoms with E-state index in [9.17, 15) is 0 Å². The number of aromatic nitrogens is 2. The molecule has 0 radical (unpaired) electrons. The van der Waals surface area contributed by atoms with Crippen molar-refractivity contribution in [1.29, 1.82) is 0 Å². The highest BCUT2D eigenvalue weighted by Crippen LogP contribution is 2.26. The first kappa shape index (κ1) is 14.5. The van der Waals surface area contributed by atoms with Crippen molar-refractivity contribution in [2.75, 3.05) is 18.5 Å². The van der Waals surface area contributed by atoms with E-state index in [-0.39, 0.29) is 5.60 Å². The van der Waals surface area contributed by atoms with Crippen LogP contribution in [0.5, 0.6) is 0 Å². The van der Waals surface area contributed by atoms with E-state index in [0.29, 0.717) is 5.15 Å². The number of ether oxygens (including phenoxy) is 1. The molecule has 19 heavy (non-hydrogen) atoms. The molecule has 1 aromatic heterocycles. The van der Waals surface area contributed by atoms with Gasteiger partial charge >= 0.3 is 0 Å². The van der Waals surface area contributed by atoms with Gasteiger partial charge in [-0.1, -0.05) is 18.5 Å². The highest BCUT2D eigenvalue weighted by atomic mass is 35.5. The minimum atomic E-state index is -0.0885. The second-order valence-electron chi connectivity index (χ2n) is 5.41. The van der Waals surface area contributed by atoms with Crippen LogP contribution < -0.4 is 5.32 Å². The van der Waals surface area contributed by atoms with Crippen LogP contribution in [0.2, 0.25) is 5.15 Å². The minimum Gasteiger partial charge on any atom is -0.373 e. The normalized spacial score (nSPS) is 22.7. The lowest BCUT2D eigenvalue weighted by atomic mass is 10.0. The average Bonchev–Trinajstić information content (AvgIpc) is 2.80. The Labute approximate surface area is 119 Å². The zero-order valence-corrected chi connectivity index (χ0v) is 12.7. The third-order valence-electron chi connectivity index (χ3n) is 3.54. The summed E-state index contributed by atoms with van der Waals surface area (Å²) in [5.74, 6) is 1.64. The summed E-state index contributed by atoms with van der Waals surface area (Å²) in [5, 5.41) is 3.91. The Balaban J connectivity index is 2.10. The number of rotatable bonds is 5. The molecule has 1 unspecified atom stereocenters. The van der Waals surface area contributed by atoms with E-state index in [1.807, 2.05) is 6.92 Å². The predicted octanol–water partition coefficient (Wildman–Crippen LogP) is 3.37. The summed E-state index contributed by atoms with van der Waals surface area (Å²) >= 11 is 6.16. The SMILES string of the molecule is CCCc1nc(Cl)c(C)c(NCC2(C)CCCO2)n1. The second kappa shape index (κ2) is 6.06. The lowest BCUT2D eigenvalue weighted by Crippen LogP contribution is -2.33. The van der Waals surface area contributed by atoms with Gasteiger partial charge < -0.3 is 10.1 Å². The molecule has 2 heterocycles. The first-order valence-electron chi connectivity index (χ1n) is 6.95. The molecule has 2 rings (SSSR count). The molecule has 1 fully saturated rings. The van der Waals surface area contributed by atoms with Crippen molar-refractivity contribution in [3.8, 4) is 0 Å². The molecule has 0 saturated carbocycles. The van der Waals surface area contributed by atoms with Crippen LogP contribution in [0.1, 0.15) is 44.5 Å². The van der Waals surface area contributed by atoms with E-state index in [0.717, 1.165) is 56.0 Å². The molecular weight excluding hydrogens is 262 g/mol. The summed E-state index contributed by atoms with van der Waals surface area (Å²) in [4.78, 5) is 8.86.